The lowest BCUT2D eigenvalue weighted by Crippen LogP contribution is -2.61. The maximum atomic E-state index is 14.4. The lowest BCUT2D eigenvalue weighted by molar-refractivity contribution is -0.144. The average Bonchev–Trinajstić information content (AvgIpc) is 3.97. The second-order valence-electron chi connectivity index (χ2n) is 15.9. The summed E-state index contributed by atoms with van der Waals surface area (Å²) >= 11 is 0. The lowest BCUT2D eigenvalue weighted by Gasteiger charge is -2.36. The standard InChI is InChI=1S/C37H52N6O7/c1-8-49-24-13-14-26-22(18-24)15-16-38-33(26)50-25-19-28(31(45)40-27(17-21-9-10-21)29(44)32(46)39-23-11-12-23)43(20-25)34(47)30(36(2,3)4)41-35(48)42-37(5,6)7/h13-16,18,21,23,25,27-28,30H,8-12,17,19-20H2,1-7H3,(H,39,46)(H,40,45)(H2,41,42,48)/t25-,27+,28?,30-/m1/s1. The van der Waals surface area contributed by atoms with Crippen LogP contribution in [0.5, 0.6) is 11.6 Å². The topological polar surface area (TPSA) is 168 Å². The fourth-order valence-electron chi connectivity index (χ4n) is 6.16. The molecule has 50 heavy (non-hydrogen) atoms. The van der Waals surface area contributed by atoms with Crippen molar-refractivity contribution >= 4 is 40.3 Å². The van der Waals surface area contributed by atoms with E-state index in [9.17, 15) is 24.0 Å². The first-order chi connectivity index (χ1) is 23.5. The summed E-state index contributed by atoms with van der Waals surface area (Å²) in [5.41, 5.74) is -1.28. The molecule has 2 saturated carbocycles. The number of amides is 5. The Morgan fingerprint density at radius 3 is 2.32 bits per heavy atom. The van der Waals surface area contributed by atoms with Crippen molar-refractivity contribution in [3.8, 4) is 11.6 Å². The number of hydrogen-bond donors (Lipinski definition) is 4. The number of nitrogens with one attached hydrogen (secondary N) is 4. The highest BCUT2D eigenvalue weighted by atomic mass is 16.5. The Labute approximate surface area is 294 Å². The first kappa shape index (κ1) is 36.9. The zero-order valence-corrected chi connectivity index (χ0v) is 30.3. The SMILES string of the molecule is CCOc1ccc2c(O[C@@H]3CC(C(=O)N[C@@H](CC4CC4)C(=O)C(=O)NC4CC4)N(C(=O)[C@@H](NC(=O)NC(C)(C)C)C(C)(C)C)C3)nccc2c1. The molecule has 5 rings (SSSR count). The van der Waals surface area contributed by atoms with Crippen LogP contribution in [0.2, 0.25) is 0 Å². The normalized spacial score (nSPS) is 20.4. The molecule has 1 unspecified atom stereocenters. The van der Waals surface area contributed by atoms with E-state index in [4.69, 9.17) is 9.47 Å². The zero-order chi connectivity index (χ0) is 36.4. The molecule has 0 bridgehead atoms. The van der Waals surface area contributed by atoms with Gasteiger partial charge in [-0.3, -0.25) is 19.2 Å². The van der Waals surface area contributed by atoms with Gasteiger partial charge in [0.2, 0.25) is 23.5 Å². The molecule has 4 N–H and O–H groups in total. The largest absolute Gasteiger partial charge is 0.494 e. The molecule has 0 radical (unpaired) electrons. The van der Waals surface area contributed by atoms with Gasteiger partial charge in [-0.1, -0.05) is 33.6 Å². The molecular weight excluding hydrogens is 640 g/mol. The summed E-state index contributed by atoms with van der Waals surface area (Å²) in [6.07, 6.45) is 4.95. The number of Topliss-reactive ketones (excluding diaryl/α,β-unsaturated/α-hetero) is 1. The predicted octanol–water partition coefficient (Wildman–Crippen LogP) is 3.63. The first-order valence-electron chi connectivity index (χ1n) is 17.7. The van der Waals surface area contributed by atoms with Crippen LogP contribution in [0.1, 0.15) is 87.0 Å². The second kappa shape index (κ2) is 14.8. The molecule has 1 aromatic heterocycles. The first-order valence-corrected chi connectivity index (χ1v) is 17.7. The molecule has 13 heteroatoms. The van der Waals surface area contributed by atoms with Crippen molar-refractivity contribution in [3.63, 3.8) is 0 Å². The Morgan fingerprint density at radius 1 is 0.980 bits per heavy atom. The van der Waals surface area contributed by atoms with Crippen LogP contribution in [0.25, 0.3) is 10.8 Å². The molecule has 3 fully saturated rings. The molecule has 4 atom stereocenters. The summed E-state index contributed by atoms with van der Waals surface area (Å²) in [5.74, 6) is -1.10. The van der Waals surface area contributed by atoms with Gasteiger partial charge < -0.3 is 35.6 Å². The molecule has 1 aromatic carbocycles. The summed E-state index contributed by atoms with van der Waals surface area (Å²) < 4.78 is 12.1. The number of pyridine rings is 1. The average molecular weight is 693 g/mol. The number of aromatic nitrogens is 1. The van der Waals surface area contributed by atoms with E-state index in [1.54, 1.807) is 6.20 Å². The van der Waals surface area contributed by atoms with Gasteiger partial charge in [0.25, 0.3) is 5.91 Å². The molecular formula is C37H52N6O7. The van der Waals surface area contributed by atoms with Crippen molar-refractivity contribution in [2.75, 3.05) is 13.2 Å². The number of nitrogens with zero attached hydrogens (tertiary/aromatic N) is 2. The van der Waals surface area contributed by atoms with Gasteiger partial charge in [0.15, 0.2) is 0 Å². The van der Waals surface area contributed by atoms with E-state index in [0.717, 1.165) is 36.5 Å². The maximum Gasteiger partial charge on any atom is 0.315 e. The second-order valence-corrected chi connectivity index (χ2v) is 15.9. The van der Waals surface area contributed by atoms with Gasteiger partial charge in [-0.2, -0.15) is 0 Å². The number of fused-ring (bicyclic) bond motifs is 1. The third-order valence-corrected chi connectivity index (χ3v) is 9.05. The molecule has 5 amide bonds. The van der Waals surface area contributed by atoms with Crippen LogP contribution in [-0.2, 0) is 19.2 Å². The highest BCUT2D eigenvalue weighted by Gasteiger charge is 2.47. The van der Waals surface area contributed by atoms with E-state index in [2.05, 4.69) is 26.3 Å². The Kier molecular flexibility index (Phi) is 10.9. The summed E-state index contributed by atoms with van der Waals surface area (Å²) in [5, 5.41) is 12.9. The highest BCUT2D eigenvalue weighted by Crippen LogP contribution is 2.35. The lowest BCUT2D eigenvalue weighted by atomic mass is 9.85. The Balaban J connectivity index is 1.41. The third kappa shape index (κ3) is 9.63. The Hall–Kier alpha value is -4.42. The monoisotopic (exact) mass is 692 g/mol. The van der Waals surface area contributed by atoms with Crippen LogP contribution >= 0.6 is 0 Å². The minimum Gasteiger partial charge on any atom is -0.494 e. The molecule has 2 aliphatic carbocycles. The molecule has 272 valence electrons. The summed E-state index contributed by atoms with van der Waals surface area (Å²) in [6, 6.07) is 3.87. The number of benzene rings is 1. The van der Waals surface area contributed by atoms with Gasteiger partial charge in [-0.25, -0.2) is 9.78 Å². The van der Waals surface area contributed by atoms with E-state index < -0.39 is 64.7 Å². The van der Waals surface area contributed by atoms with Gasteiger partial charge in [0, 0.05) is 29.6 Å². The highest BCUT2D eigenvalue weighted by molar-refractivity contribution is 6.38. The minimum atomic E-state index is -1.04. The molecule has 1 aliphatic heterocycles. The van der Waals surface area contributed by atoms with E-state index in [-0.39, 0.29) is 24.9 Å². The smallest absolute Gasteiger partial charge is 0.315 e. The van der Waals surface area contributed by atoms with Crippen molar-refractivity contribution in [2.45, 2.75) is 123 Å². The number of ketones is 1. The fourth-order valence-corrected chi connectivity index (χ4v) is 6.16. The minimum absolute atomic E-state index is 0.00432. The zero-order valence-electron chi connectivity index (χ0n) is 30.3. The van der Waals surface area contributed by atoms with Crippen LogP contribution in [0, 0.1) is 11.3 Å². The number of ether oxygens (including phenoxy) is 2. The van der Waals surface area contributed by atoms with E-state index in [1.165, 1.54) is 4.90 Å². The molecule has 1 saturated heterocycles. The quantitative estimate of drug-likeness (QED) is 0.231. The molecule has 2 aromatic rings. The van der Waals surface area contributed by atoms with Crippen molar-refractivity contribution in [1.29, 1.82) is 0 Å². The van der Waals surface area contributed by atoms with E-state index in [0.29, 0.717) is 24.7 Å². The van der Waals surface area contributed by atoms with Crippen molar-refractivity contribution < 1.29 is 33.4 Å². The summed E-state index contributed by atoms with van der Waals surface area (Å²) in [6.45, 7) is 13.5. The molecule has 13 nitrogen and oxygen atoms in total. The van der Waals surface area contributed by atoms with Crippen LogP contribution in [0.3, 0.4) is 0 Å². The van der Waals surface area contributed by atoms with Gasteiger partial charge >= 0.3 is 6.03 Å². The molecule has 0 spiro atoms. The van der Waals surface area contributed by atoms with Crippen LogP contribution in [0.4, 0.5) is 4.79 Å². The van der Waals surface area contributed by atoms with E-state index >= 15 is 0 Å². The van der Waals surface area contributed by atoms with E-state index in [1.807, 2.05) is 72.7 Å². The van der Waals surface area contributed by atoms with Crippen molar-refractivity contribution in [3.05, 3.63) is 30.5 Å². The number of rotatable bonds is 13. The number of hydrogen-bond acceptors (Lipinski definition) is 8. The predicted molar refractivity (Wildman–Crippen MR) is 188 cm³/mol. The Morgan fingerprint density at radius 2 is 1.70 bits per heavy atom. The third-order valence-electron chi connectivity index (χ3n) is 9.05. The van der Waals surface area contributed by atoms with Gasteiger partial charge in [-0.15, -0.1) is 0 Å². The van der Waals surface area contributed by atoms with Crippen molar-refractivity contribution in [1.82, 2.24) is 31.2 Å². The molecule has 2 heterocycles. The molecule has 3 aliphatic rings. The summed E-state index contributed by atoms with van der Waals surface area (Å²) in [4.78, 5) is 73.6. The van der Waals surface area contributed by atoms with Gasteiger partial charge in [0.1, 0.15) is 23.9 Å². The van der Waals surface area contributed by atoms with Gasteiger partial charge in [-0.05, 0) is 87.9 Å². The number of carbonyl (C=O) groups is 5. The number of likely N-dealkylation sites (tertiary alicyclic amines) is 1. The fraction of sp³-hybridized carbons (Fsp3) is 0.622. The summed E-state index contributed by atoms with van der Waals surface area (Å²) in [7, 11) is 0. The van der Waals surface area contributed by atoms with Crippen LogP contribution in [0.15, 0.2) is 30.5 Å². The van der Waals surface area contributed by atoms with Crippen molar-refractivity contribution in [2.24, 2.45) is 11.3 Å². The maximum absolute atomic E-state index is 14.4. The van der Waals surface area contributed by atoms with Gasteiger partial charge in [0.05, 0.1) is 19.2 Å². The van der Waals surface area contributed by atoms with Crippen LogP contribution in [-0.4, -0.2) is 88.4 Å². The number of urea groups is 1. The Bertz CT molecular complexity index is 1610. The number of carbonyl (C=O) groups excluding carboxylic acids is 5. The van der Waals surface area contributed by atoms with Crippen LogP contribution < -0.4 is 30.7 Å².